The van der Waals surface area contributed by atoms with E-state index in [1.807, 2.05) is 44.2 Å². The Labute approximate surface area is 170 Å². The smallest absolute Gasteiger partial charge is 0.253 e. The third-order valence-electron chi connectivity index (χ3n) is 4.53. The van der Waals surface area contributed by atoms with Crippen LogP contribution in [-0.4, -0.2) is 32.0 Å². The van der Waals surface area contributed by atoms with Crippen LogP contribution in [0.15, 0.2) is 35.5 Å². The largest absolute Gasteiger partial charge is 0.352 e. The van der Waals surface area contributed by atoms with E-state index in [9.17, 15) is 4.79 Å². The van der Waals surface area contributed by atoms with Gasteiger partial charge in [-0.25, -0.2) is 9.50 Å². The van der Waals surface area contributed by atoms with E-state index in [4.69, 9.17) is 0 Å². The maximum Gasteiger partial charge on any atom is 0.253 e. The van der Waals surface area contributed by atoms with Crippen molar-refractivity contribution in [1.82, 2.24) is 24.9 Å². The summed E-state index contributed by atoms with van der Waals surface area (Å²) in [5, 5.41) is 8.23. The number of benzene rings is 1. The molecule has 2 heterocycles. The van der Waals surface area contributed by atoms with Crippen LogP contribution in [0, 0.1) is 13.8 Å². The van der Waals surface area contributed by atoms with Crippen molar-refractivity contribution in [2.45, 2.75) is 57.4 Å². The number of thioether (sulfide) groups is 1. The molecule has 1 N–H and O–H groups in total. The average Bonchev–Trinajstić information content (AvgIpc) is 3.09. The molecule has 0 atom stereocenters. The van der Waals surface area contributed by atoms with E-state index in [-0.39, 0.29) is 5.91 Å². The van der Waals surface area contributed by atoms with E-state index in [1.54, 1.807) is 4.52 Å². The van der Waals surface area contributed by atoms with Gasteiger partial charge in [0.2, 0.25) is 5.16 Å². The Balaban J connectivity index is 1.65. The molecular formula is C21H27N5OS. The molecule has 0 saturated carbocycles. The Morgan fingerprint density at radius 3 is 2.79 bits per heavy atom. The predicted octanol–water partition coefficient (Wildman–Crippen LogP) is 4.34. The predicted molar refractivity (Wildman–Crippen MR) is 113 cm³/mol. The maximum atomic E-state index is 12.6. The molecule has 148 valence electrons. The topological polar surface area (TPSA) is 72.2 Å². The molecule has 0 aliphatic rings. The number of carbonyl (C=O) groups is 1. The van der Waals surface area contributed by atoms with Gasteiger partial charge in [-0.1, -0.05) is 56.1 Å². The zero-order valence-corrected chi connectivity index (χ0v) is 17.6. The molecule has 6 nitrogen and oxygen atoms in total. The number of fused-ring (bicyclic) bond motifs is 1. The lowest BCUT2D eigenvalue weighted by Crippen LogP contribution is -2.25. The first-order chi connectivity index (χ1) is 13.6. The summed E-state index contributed by atoms with van der Waals surface area (Å²) in [5.74, 6) is 1.23. The SMILES string of the molecule is CCCCCCNC(=O)c1ccccc1CSc1nc2nc(C)cc(C)n2n1. The first-order valence-electron chi connectivity index (χ1n) is 9.78. The van der Waals surface area contributed by atoms with Crippen LogP contribution in [0.1, 0.15) is 59.9 Å². The lowest BCUT2D eigenvalue weighted by Gasteiger charge is -2.09. The lowest BCUT2D eigenvalue weighted by atomic mass is 10.1. The van der Waals surface area contributed by atoms with Gasteiger partial charge in [0.15, 0.2) is 0 Å². The molecule has 0 aliphatic carbocycles. The number of aromatic nitrogens is 4. The van der Waals surface area contributed by atoms with E-state index < -0.39 is 0 Å². The van der Waals surface area contributed by atoms with Gasteiger partial charge >= 0.3 is 0 Å². The van der Waals surface area contributed by atoms with Gasteiger partial charge in [0.1, 0.15) is 0 Å². The normalized spacial score (nSPS) is 11.1. The molecule has 0 aliphatic heterocycles. The second-order valence-electron chi connectivity index (χ2n) is 6.91. The second kappa shape index (κ2) is 9.68. The number of nitrogens with zero attached hydrogens (tertiary/aromatic N) is 4. The fourth-order valence-corrected chi connectivity index (χ4v) is 3.89. The van der Waals surface area contributed by atoms with Gasteiger partial charge in [-0.2, -0.15) is 4.98 Å². The summed E-state index contributed by atoms with van der Waals surface area (Å²) >= 11 is 1.52. The average molecular weight is 398 g/mol. The van der Waals surface area contributed by atoms with Crippen LogP contribution >= 0.6 is 11.8 Å². The van der Waals surface area contributed by atoms with Gasteiger partial charge in [0, 0.05) is 29.2 Å². The van der Waals surface area contributed by atoms with E-state index >= 15 is 0 Å². The van der Waals surface area contributed by atoms with E-state index in [0.717, 1.165) is 41.9 Å². The highest BCUT2D eigenvalue weighted by atomic mass is 32.2. The number of unbranched alkanes of at least 4 members (excludes halogenated alkanes) is 3. The Kier molecular flexibility index (Phi) is 7.03. The molecule has 1 aromatic carbocycles. The van der Waals surface area contributed by atoms with Crippen molar-refractivity contribution < 1.29 is 4.79 Å². The molecule has 0 spiro atoms. The van der Waals surface area contributed by atoms with Crippen molar-refractivity contribution in [2.24, 2.45) is 0 Å². The molecule has 3 rings (SSSR count). The van der Waals surface area contributed by atoms with Crippen molar-refractivity contribution in [3.05, 3.63) is 52.8 Å². The van der Waals surface area contributed by atoms with E-state index in [1.165, 1.54) is 24.6 Å². The third kappa shape index (κ3) is 5.10. The van der Waals surface area contributed by atoms with Crippen molar-refractivity contribution >= 4 is 23.4 Å². The zero-order valence-electron chi connectivity index (χ0n) is 16.7. The van der Waals surface area contributed by atoms with Crippen LogP contribution in [0.25, 0.3) is 5.78 Å². The minimum Gasteiger partial charge on any atom is -0.352 e. The lowest BCUT2D eigenvalue weighted by molar-refractivity contribution is 0.0952. The van der Waals surface area contributed by atoms with Gasteiger partial charge in [0.05, 0.1) is 0 Å². The van der Waals surface area contributed by atoms with Gasteiger partial charge in [-0.15, -0.1) is 5.10 Å². The first-order valence-corrected chi connectivity index (χ1v) is 10.8. The highest BCUT2D eigenvalue weighted by Gasteiger charge is 2.13. The van der Waals surface area contributed by atoms with Crippen molar-refractivity contribution in [3.8, 4) is 0 Å². The first kappa shape index (κ1) is 20.3. The monoisotopic (exact) mass is 397 g/mol. The molecule has 28 heavy (non-hydrogen) atoms. The Morgan fingerprint density at radius 2 is 1.96 bits per heavy atom. The van der Waals surface area contributed by atoms with E-state index in [0.29, 0.717) is 16.7 Å². The van der Waals surface area contributed by atoms with Crippen LogP contribution in [0.5, 0.6) is 0 Å². The number of hydrogen-bond acceptors (Lipinski definition) is 5. The van der Waals surface area contributed by atoms with Crippen LogP contribution < -0.4 is 5.32 Å². The van der Waals surface area contributed by atoms with Gasteiger partial charge in [0.25, 0.3) is 11.7 Å². The summed E-state index contributed by atoms with van der Waals surface area (Å²) in [6.07, 6.45) is 4.58. The van der Waals surface area contributed by atoms with Crippen molar-refractivity contribution in [2.75, 3.05) is 6.54 Å². The van der Waals surface area contributed by atoms with Crippen molar-refractivity contribution in [3.63, 3.8) is 0 Å². The summed E-state index contributed by atoms with van der Waals surface area (Å²) in [6, 6.07) is 9.71. The number of nitrogens with one attached hydrogen (secondary N) is 1. The second-order valence-corrected chi connectivity index (χ2v) is 7.85. The molecule has 7 heteroatoms. The maximum absolute atomic E-state index is 12.6. The summed E-state index contributed by atoms with van der Waals surface area (Å²) in [7, 11) is 0. The molecular weight excluding hydrogens is 370 g/mol. The molecule has 0 radical (unpaired) electrons. The minimum absolute atomic E-state index is 0.0104. The van der Waals surface area contributed by atoms with E-state index in [2.05, 4.69) is 27.3 Å². The fourth-order valence-electron chi connectivity index (χ4n) is 3.07. The summed E-state index contributed by atoms with van der Waals surface area (Å²) in [4.78, 5) is 21.5. The molecule has 3 aromatic rings. The van der Waals surface area contributed by atoms with Crippen LogP contribution in [0.2, 0.25) is 0 Å². The number of rotatable bonds is 9. The quantitative estimate of drug-likeness (QED) is 0.429. The Hall–Kier alpha value is -2.41. The van der Waals surface area contributed by atoms with Gasteiger partial charge < -0.3 is 5.32 Å². The Morgan fingerprint density at radius 1 is 1.14 bits per heavy atom. The molecule has 1 amide bonds. The third-order valence-corrected chi connectivity index (χ3v) is 5.42. The van der Waals surface area contributed by atoms with Crippen molar-refractivity contribution in [1.29, 1.82) is 0 Å². The number of carbonyl (C=O) groups excluding carboxylic acids is 1. The molecule has 0 saturated heterocycles. The highest BCUT2D eigenvalue weighted by molar-refractivity contribution is 7.98. The summed E-state index contributed by atoms with van der Waals surface area (Å²) in [6.45, 7) is 6.85. The molecule has 2 aromatic heterocycles. The molecule has 0 bridgehead atoms. The van der Waals surface area contributed by atoms with Crippen LogP contribution in [-0.2, 0) is 5.75 Å². The zero-order chi connectivity index (χ0) is 19.9. The standard InChI is InChI=1S/C21H27N5OS/c1-4-5-6-9-12-22-19(27)18-11-8-7-10-17(18)14-28-21-24-20-23-15(2)13-16(3)26(20)25-21/h7-8,10-11,13H,4-6,9,12,14H2,1-3H3,(H,22,27). The molecule has 0 fully saturated rings. The summed E-state index contributed by atoms with van der Waals surface area (Å²) < 4.78 is 1.75. The summed E-state index contributed by atoms with van der Waals surface area (Å²) in [5.41, 5.74) is 3.64. The number of hydrogen-bond donors (Lipinski definition) is 1. The molecule has 0 unspecified atom stereocenters. The van der Waals surface area contributed by atoms with Crippen LogP contribution in [0.3, 0.4) is 0 Å². The fraction of sp³-hybridized carbons (Fsp3) is 0.429. The van der Waals surface area contributed by atoms with Crippen LogP contribution in [0.4, 0.5) is 0 Å². The minimum atomic E-state index is -0.0104. The Bertz CT molecular complexity index is 953. The highest BCUT2D eigenvalue weighted by Crippen LogP contribution is 2.22. The van der Waals surface area contributed by atoms with Gasteiger partial charge in [-0.05, 0) is 38.0 Å². The van der Waals surface area contributed by atoms with Gasteiger partial charge in [-0.3, -0.25) is 4.79 Å². The number of amides is 1. The number of aryl methyl sites for hydroxylation is 2.